The zero-order chi connectivity index (χ0) is 15.8. The van der Waals surface area contributed by atoms with E-state index in [1.165, 1.54) is 0 Å². The fourth-order valence-electron chi connectivity index (χ4n) is 2.07. The molecule has 5 heteroatoms. The maximum atomic E-state index is 12.0. The molecule has 0 aliphatic rings. The van der Waals surface area contributed by atoms with Gasteiger partial charge in [-0.2, -0.15) is 0 Å². The van der Waals surface area contributed by atoms with Crippen molar-refractivity contribution < 1.29 is 14.7 Å². The lowest BCUT2D eigenvalue weighted by molar-refractivity contribution is -0.138. The van der Waals surface area contributed by atoms with Crippen LogP contribution in [0.4, 0.5) is 0 Å². The van der Waals surface area contributed by atoms with E-state index in [1.807, 2.05) is 33.2 Å². The lowest BCUT2D eigenvalue weighted by atomic mass is 10.0. The lowest BCUT2D eigenvalue weighted by Gasteiger charge is -2.14. The van der Waals surface area contributed by atoms with E-state index in [4.69, 9.17) is 5.11 Å². The highest BCUT2D eigenvalue weighted by atomic mass is 16.4. The van der Waals surface area contributed by atoms with Crippen LogP contribution < -0.4 is 5.32 Å². The van der Waals surface area contributed by atoms with Crippen LogP contribution in [-0.2, 0) is 11.3 Å². The first-order valence-electron chi connectivity index (χ1n) is 7.16. The van der Waals surface area contributed by atoms with Gasteiger partial charge in [-0.05, 0) is 37.7 Å². The summed E-state index contributed by atoms with van der Waals surface area (Å²) >= 11 is 0. The van der Waals surface area contributed by atoms with Gasteiger partial charge in [0, 0.05) is 25.1 Å². The third kappa shape index (κ3) is 6.40. The maximum Gasteiger partial charge on any atom is 0.303 e. The van der Waals surface area contributed by atoms with E-state index in [9.17, 15) is 9.59 Å². The molecule has 5 nitrogen and oxygen atoms in total. The molecule has 2 N–H and O–H groups in total. The van der Waals surface area contributed by atoms with Gasteiger partial charge in [0.05, 0.1) is 0 Å². The number of amides is 1. The molecule has 1 amide bonds. The quantitative estimate of drug-likeness (QED) is 0.768. The van der Waals surface area contributed by atoms with Crippen molar-refractivity contribution in [1.29, 1.82) is 0 Å². The Hall–Kier alpha value is -1.88. The van der Waals surface area contributed by atoms with Crippen LogP contribution in [0.2, 0.25) is 0 Å². The van der Waals surface area contributed by atoms with Crippen LogP contribution in [0.3, 0.4) is 0 Å². The maximum absolute atomic E-state index is 12.0. The summed E-state index contributed by atoms with van der Waals surface area (Å²) < 4.78 is 0. The number of hydrogen-bond acceptors (Lipinski definition) is 3. The highest BCUT2D eigenvalue weighted by Gasteiger charge is 2.13. The summed E-state index contributed by atoms with van der Waals surface area (Å²) in [5.41, 5.74) is 1.75. The Morgan fingerprint density at radius 3 is 2.33 bits per heavy atom. The Labute approximate surface area is 126 Å². The molecule has 0 radical (unpaired) electrons. The summed E-state index contributed by atoms with van der Waals surface area (Å²) in [6.07, 6.45) is 0.812. The normalized spacial score (nSPS) is 12.2. The third-order valence-electron chi connectivity index (χ3n) is 3.31. The minimum atomic E-state index is -0.830. The standard InChI is InChI=1S/C16H24N2O3/c1-4-12(9-15(19)20)10-17-16(21)14-7-5-13(6-8-14)11-18(2)3/h5-8,12H,4,9-11H2,1-3H3,(H,17,21)(H,19,20). The van der Waals surface area contributed by atoms with Gasteiger partial charge in [0.15, 0.2) is 0 Å². The number of benzene rings is 1. The number of carboxylic acids is 1. The predicted octanol–water partition coefficient (Wildman–Crippen LogP) is 1.98. The van der Waals surface area contributed by atoms with Gasteiger partial charge in [-0.25, -0.2) is 0 Å². The van der Waals surface area contributed by atoms with Gasteiger partial charge in [0.2, 0.25) is 0 Å². The van der Waals surface area contributed by atoms with E-state index in [1.54, 1.807) is 12.1 Å². The van der Waals surface area contributed by atoms with Crippen molar-refractivity contribution in [2.24, 2.45) is 5.92 Å². The van der Waals surface area contributed by atoms with Gasteiger partial charge < -0.3 is 15.3 Å². The third-order valence-corrected chi connectivity index (χ3v) is 3.31. The molecule has 0 fully saturated rings. The first kappa shape index (κ1) is 17.2. The van der Waals surface area contributed by atoms with Crippen LogP contribution in [0, 0.1) is 5.92 Å². The molecule has 0 bridgehead atoms. The molecule has 0 aromatic heterocycles. The molecular weight excluding hydrogens is 268 g/mol. The molecule has 0 aliphatic carbocycles. The predicted molar refractivity (Wildman–Crippen MR) is 82.2 cm³/mol. The Kier molecular flexibility index (Phi) is 6.88. The first-order chi connectivity index (χ1) is 9.92. The number of aliphatic carboxylic acids is 1. The minimum absolute atomic E-state index is 0.0283. The second-order valence-corrected chi connectivity index (χ2v) is 5.52. The number of carboxylic acid groups (broad SMARTS) is 1. The molecule has 1 unspecified atom stereocenters. The molecule has 0 spiro atoms. The molecular formula is C16H24N2O3. The SMILES string of the molecule is CCC(CNC(=O)c1ccc(CN(C)C)cc1)CC(=O)O. The van der Waals surface area contributed by atoms with Crippen molar-refractivity contribution in [2.45, 2.75) is 26.3 Å². The monoisotopic (exact) mass is 292 g/mol. The summed E-state index contributed by atoms with van der Waals surface area (Å²) in [6.45, 7) is 3.15. The molecule has 116 valence electrons. The van der Waals surface area contributed by atoms with Crippen molar-refractivity contribution in [1.82, 2.24) is 10.2 Å². The molecule has 21 heavy (non-hydrogen) atoms. The van der Waals surface area contributed by atoms with Crippen LogP contribution in [0.15, 0.2) is 24.3 Å². The van der Waals surface area contributed by atoms with Crippen LogP contribution in [0.25, 0.3) is 0 Å². The van der Waals surface area contributed by atoms with E-state index in [2.05, 4.69) is 10.2 Å². The van der Waals surface area contributed by atoms with Gasteiger partial charge in [-0.15, -0.1) is 0 Å². The lowest BCUT2D eigenvalue weighted by Crippen LogP contribution is -2.30. The number of hydrogen-bond donors (Lipinski definition) is 2. The molecule has 0 aliphatic heterocycles. The Morgan fingerprint density at radius 1 is 1.24 bits per heavy atom. The molecule has 1 aromatic rings. The minimum Gasteiger partial charge on any atom is -0.481 e. The fourth-order valence-corrected chi connectivity index (χ4v) is 2.07. The van der Waals surface area contributed by atoms with E-state index in [-0.39, 0.29) is 18.2 Å². The molecule has 1 atom stereocenters. The van der Waals surface area contributed by atoms with Crippen molar-refractivity contribution in [3.8, 4) is 0 Å². The van der Waals surface area contributed by atoms with Crippen LogP contribution in [0.5, 0.6) is 0 Å². The van der Waals surface area contributed by atoms with Gasteiger partial charge in [-0.1, -0.05) is 25.5 Å². The van der Waals surface area contributed by atoms with Gasteiger partial charge in [0.1, 0.15) is 0 Å². The van der Waals surface area contributed by atoms with Gasteiger partial charge >= 0.3 is 5.97 Å². The molecule has 1 aromatic carbocycles. The second-order valence-electron chi connectivity index (χ2n) is 5.52. The van der Waals surface area contributed by atoms with Gasteiger partial charge in [0.25, 0.3) is 5.91 Å². The van der Waals surface area contributed by atoms with E-state index in [0.29, 0.717) is 12.1 Å². The van der Waals surface area contributed by atoms with E-state index in [0.717, 1.165) is 18.5 Å². The van der Waals surface area contributed by atoms with Crippen molar-refractivity contribution in [2.75, 3.05) is 20.6 Å². The average molecular weight is 292 g/mol. The topological polar surface area (TPSA) is 69.6 Å². The average Bonchev–Trinajstić information content (AvgIpc) is 2.42. The fraction of sp³-hybridized carbons (Fsp3) is 0.500. The molecule has 1 rings (SSSR count). The zero-order valence-corrected chi connectivity index (χ0v) is 12.9. The Balaban J connectivity index is 2.53. The number of nitrogens with zero attached hydrogens (tertiary/aromatic N) is 1. The summed E-state index contributed by atoms with van der Waals surface area (Å²) in [6, 6.07) is 7.46. The van der Waals surface area contributed by atoms with Crippen LogP contribution in [-0.4, -0.2) is 42.5 Å². The van der Waals surface area contributed by atoms with E-state index < -0.39 is 5.97 Å². The van der Waals surface area contributed by atoms with Crippen LogP contribution in [0.1, 0.15) is 35.7 Å². The van der Waals surface area contributed by atoms with Crippen LogP contribution >= 0.6 is 0 Å². The molecule has 0 heterocycles. The largest absolute Gasteiger partial charge is 0.481 e. The smallest absolute Gasteiger partial charge is 0.303 e. The highest BCUT2D eigenvalue weighted by molar-refractivity contribution is 5.94. The second kappa shape index (κ2) is 8.42. The molecule has 0 saturated carbocycles. The van der Waals surface area contributed by atoms with E-state index >= 15 is 0 Å². The van der Waals surface area contributed by atoms with Crippen molar-refractivity contribution >= 4 is 11.9 Å². The van der Waals surface area contributed by atoms with Crippen molar-refractivity contribution in [3.05, 3.63) is 35.4 Å². The van der Waals surface area contributed by atoms with Crippen molar-refractivity contribution in [3.63, 3.8) is 0 Å². The highest BCUT2D eigenvalue weighted by Crippen LogP contribution is 2.09. The van der Waals surface area contributed by atoms with Gasteiger partial charge in [-0.3, -0.25) is 9.59 Å². The first-order valence-corrected chi connectivity index (χ1v) is 7.16. The number of carbonyl (C=O) groups is 2. The summed E-state index contributed by atoms with van der Waals surface area (Å²) in [7, 11) is 3.99. The Bertz CT molecular complexity index is 469. The summed E-state index contributed by atoms with van der Waals surface area (Å²) in [5.74, 6) is -1.01. The number of nitrogens with one attached hydrogen (secondary N) is 1. The number of rotatable bonds is 8. The zero-order valence-electron chi connectivity index (χ0n) is 12.9. The Morgan fingerprint density at radius 2 is 1.86 bits per heavy atom. The summed E-state index contributed by atoms with van der Waals surface area (Å²) in [5, 5.41) is 11.6. The number of carbonyl (C=O) groups excluding carboxylic acids is 1. The summed E-state index contributed by atoms with van der Waals surface area (Å²) in [4.78, 5) is 24.8. The molecule has 0 saturated heterocycles.